The lowest BCUT2D eigenvalue weighted by Crippen LogP contribution is -1.97. The van der Waals surface area contributed by atoms with Gasteiger partial charge in [-0.25, -0.2) is 4.79 Å². The average Bonchev–Trinajstić information content (AvgIpc) is 3.27. The molecule has 0 saturated heterocycles. The summed E-state index contributed by atoms with van der Waals surface area (Å²) in [6.45, 7) is 0. The molecule has 0 amide bonds. The molecule has 2 heterocycles. The first-order chi connectivity index (χ1) is 12.7. The topological polar surface area (TPSA) is 84.9 Å². The van der Waals surface area contributed by atoms with E-state index in [1.807, 2.05) is 18.2 Å². The SMILES string of the molecule is CO/N=C1\CCc2cc(-c3cc(-c4ccncc4)oc3C(=O)O)ccc21. The smallest absolute Gasteiger partial charge is 0.372 e. The number of hydrogen-bond acceptors (Lipinski definition) is 5. The Morgan fingerprint density at radius 2 is 1.92 bits per heavy atom. The Morgan fingerprint density at radius 1 is 1.12 bits per heavy atom. The second kappa shape index (κ2) is 6.48. The van der Waals surface area contributed by atoms with Crippen LogP contribution in [0, 0.1) is 0 Å². The number of aryl methyl sites for hydroxylation is 1. The van der Waals surface area contributed by atoms with Crippen LogP contribution in [-0.4, -0.2) is 28.9 Å². The third-order valence-corrected chi connectivity index (χ3v) is 4.45. The molecule has 3 aromatic rings. The maximum atomic E-state index is 11.7. The molecule has 0 spiro atoms. The standard InChI is InChI=1S/C20H16N2O4/c1-25-22-17-5-3-13-10-14(2-4-15(13)17)16-11-18(26-19(16)20(23)24)12-6-8-21-9-7-12/h2,4,6-11H,3,5H2,1H3,(H,23,24)/b22-17+. The lowest BCUT2D eigenvalue weighted by molar-refractivity contribution is 0.0664. The van der Waals surface area contributed by atoms with Gasteiger partial charge in [0.05, 0.1) is 5.71 Å². The third-order valence-electron chi connectivity index (χ3n) is 4.45. The van der Waals surface area contributed by atoms with E-state index in [4.69, 9.17) is 9.25 Å². The summed E-state index contributed by atoms with van der Waals surface area (Å²) in [5.41, 5.74) is 5.24. The summed E-state index contributed by atoms with van der Waals surface area (Å²) in [5, 5.41) is 13.6. The summed E-state index contributed by atoms with van der Waals surface area (Å²) in [6.07, 6.45) is 4.95. The molecule has 2 aromatic heterocycles. The van der Waals surface area contributed by atoms with Crippen molar-refractivity contribution in [3.05, 3.63) is 65.7 Å². The summed E-state index contributed by atoms with van der Waals surface area (Å²) < 4.78 is 5.62. The van der Waals surface area contributed by atoms with Crippen molar-refractivity contribution in [1.82, 2.24) is 4.98 Å². The first-order valence-corrected chi connectivity index (χ1v) is 8.18. The number of nitrogens with zero attached hydrogens (tertiary/aromatic N) is 2. The fourth-order valence-electron chi connectivity index (χ4n) is 3.27. The van der Waals surface area contributed by atoms with Gasteiger partial charge in [0.1, 0.15) is 12.9 Å². The second-order valence-corrected chi connectivity index (χ2v) is 5.99. The van der Waals surface area contributed by atoms with E-state index >= 15 is 0 Å². The Balaban J connectivity index is 1.80. The van der Waals surface area contributed by atoms with Crippen LogP contribution in [0.2, 0.25) is 0 Å². The number of benzene rings is 1. The summed E-state index contributed by atoms with van der Waals surface area (Å²) in [5.74, 6) is -0.662. The molecule has 4 rings (SSSR count). The lowest BCUT2D eigenvalue weighted by atomic mass is 10.00. The van der Waals surface area contributed by atoms with Crippen molar-refractivity contribution >= 4 is 11.7 Å². The number of furan rings is 1. The number of hydrogen-bond donors (Lipinski definition) is 1. The van der Waals surface area contributed by atoms with Crippen molar-refractivity contribution in [2.24, 2.45) is 5.16 Å². The highest BCUT2D eigenvalue weighted by Crippen LogP contribution is 2.35. The maximum Gasteiger partial charge on any atom is 0.372 e. The normalized spacial score (nSPS) is 14.4. The van der Waals surface area contributed by atoms with Crippen LogP contribution in [0.1, 0.15) is 28.1 Å². The maximum absolute atomic E-state index is 11.7. The molecule has 0 unspecified atom stereocenters. The van der Waals surface area contributed by atoms with Gasteiger partial charge in [-0.05, 0) is 42.2 Å². The third kappa shape index (κ3) is 2.75. The van der Waals surface area contributed by atoms with E-state index in [-0.39, 0.29) is 5.76 Å². The zero-order valence-corrected chi connectivity index (χ0v) is 14.1. The molecule has 6 heteroatoms. The van der Waals surface area contributed by atoms with Gasteiger partial charge in [0.25, 0.3) is 0 Å². The minimum atomic E-state index is -1.09. The van der Waals surface area contributed by atoms with Gasteiger partial charge in [-0.15, -0.1) is 0 Å². The quantitative estimate of drug-likeness (QED) is 0.720. The van der Waals surface area contributed by atoms with Crippen LogP contribution < -0.4 is 0 Å². The molecule has 1 aromatic carbocycles. The van der Waals surface area contributed by atoms with Crippen LogP contribution in [0.25, 0.3) is 22.5 Å². The van der Waals surface area contributed by atoms with Gasteiger partial charge in [-0.2, -0.15) is 0 Å². The Hall–Kier alpha value is -3.41. The zero-order valence-electron chi connectivity index (χ0n) is 14.1. The van der Waals surface area contributed by atoms with Gasteiger partial charge in [0.2, 0.25) is 5.76 Å². The molecule has 0 saturated carbocycles. The summed E-state index contributed by atoms with van der Waals surface area (Å²) in [6, 6.07) is 11.2. The molecule has 1 aliphatic rings. The van der Waals surface area contributed by atoms with E-state index in [2.05, 4.69) is 10.1 Å². The fourth-order valence-corrected chi connectivity index (χ4v) is 3.27. The van der Waals surface area contributed by atoms with E-state index in [1.54, 1.807) is 30.6 Å². The number of carboxylic acids is 1. The van der Waals surface area contributed by atoms with Crippen molar-refractivity contribution in [3.8, 4) is 22.5 Å². The molecular weight excluding hydrogens is 332 g/mol. The van der Waals surface area contributed by atoms with Crippen LogP contribution in [0.15, 0.2) is 58.4 Å². The minimum Gasteiger partial charge on any atom is -0.475 e. The van der Waals surface area contributed by atoms with Crippen molar-refractivity contribution in [3.63, 3.8) is 0 Å². The van der Waals surface area contributed by atoms with Gasteiger partial charge in [-0.1, -0.05) is 23.4 Å². The number of aromatic nitrogens is 1. The van der Waals surface area contributed by atoms with Crippen molar-refractivity contribution < 1.29 is 19.2 Å². The molecule has 26 heavy (non-hydrogen) atoms. The van der Waals surface area contributed by atoms with Crippen LogP contribution in [-0.2, 0) is 11.3 Å². The summed E-state index contributed by atoms with van der Waals surface area (Å²) >= 11 is 0. The molecule has 0 atom stereocenters. The molecule has 1 N–H and O–H groups in total. The molecule has 130 valence electrons. The predicted molar refractivity (Wildman–Crippen MR) is 96.2 cm³/mol. The van der Waals surface area contributed by atoms with E-state index in [0.717, 1.165) is 40.8 Å². The fraction of sp³-hybridized carbons (Fsp3) is 0.150. The summed E-state index contributed by atoms with van der Waals surface area (Å²) in [4.78, 5) is 20.5. The molecule has 1 aliphatic carbocycles. The summed E-state index contributed by atoms with van der Waals surface area (Å²) in [7, 11) is 1.53. The Labute approximate surface area is 149 Å². The van der Waals surface area contributed by atoms with Crippen molar-refractivity contribution in [2.45, 2.75) is 12.8 Å². The van der Waals surface area contributed by atoms with Gasteiger partial charge in [0.15, 0.2) is 0 Å². The largest absolute Gasteiger partial charge is 0.475 e. The average molecular weight is 348 g/mol. The minimum absolute atomic E-state index is 0.0689. The Bertz CT molecular complexity index is 1010. The number of rotatable bonds is 4. The first kappa shape index (κ1) is 16.1. The van der Waals surface area contributed by atoms with Crippen molar-refractivity contribution in [1.29, 1.82) is 0 Å². The highest BCUT2D eigenvalue weighted by Gasteiger charge is 2.23. The van der Waals surface area contributed by atoms with Crippen molar-refractivity contribution in [2.75, 3.05) is 7.11 Å². The van der Waals surface area contributed by atoms with Crippen LogP contribution in [0.5, 0.6) is 0 Å². The number of pyridine rings is 1. The number of fused-ring (bicyclic) bond motifs is 1. The van der Waals surface area contributed by atoms with E-state index in [0.29, 0.717) is 11.3 Å². The zero-order chi connectivity index (χ0) is 18.1. The number of oxime groups is 1. The van der Waals surface area contributed by atoms with Crippen LogP contribution >= 0.6 is 0 Å². The second-order valence-electron chi connectivity index (χ2n) is 5.99. The molecule has 0 radical (unpaired) electrons. The monoisotopic (exact) mass is 348 g/mol. The van der Waals surface area contributed by atoms with Gasteiger partial charge >= 0.3 is 5.97 Å². The Morgan fingerprint density at radius 3 is 2.65 bits per heavy atom. The Kier molecular flexibility index (Phi) is 4.01. The number of aromatic carboxylic acids is 1. The van der Waals surface area contributed by atoms with E-state index in [9.17, 15) is 9.90 Å². The van der Waals surface area contributed by atoms with Gasteiger partial charge < -0.3 is 14.4 Å². The van der Waals surface area contributed by atoms with E-state index < -0.39 is 5.97 Å². The molecule has 6 nitrogen and oxygen atoms in total. The molecular formula is C20H16N2O4. The molecule has 0 aliphatic heterocycles. The first-order valence-electron chi connectivity index (χ1n) is 8.18. The highest BCUT2D eigenvalue weighted by atomic mass is 16.6. The van der Waals surface area contributed by atoms with Gasteiger partial charge in [-0.3, -0.25) is 4.98 Å². The molecule has 0 bridgehead atoms. The number of carbonyl (C=O) groups is 1. The van der Waals surface area contributed by atoms with Gasteiger partial charge in [0, 0.05) is 29.1 Å². The van der Waals surface area contributed by atoms with Crippen LogP contribution in [0.4, 0.5) is 0 Å². The number of carboxylic acid groups (broad SMARTS) is 1. The molecule has 0 fully saturated rings. The lowest BCUT2D eigenvalue weighted by Gasteiger charge is -2.04. The van der Waals surface area contributed by atoms with Crippen LogP contribution in [0.3, 0.4) is 0 Å². The predicted octanol–water partition coefficient (Wildman–Crippen LogP) is 4.00. The highest BCUT2D eigenvalue weighted by molar-refractivity contribution is 6.05. The van der Waals surface area contributed by atoms with E-state index in [1.165, 1.54) is 7.11 Å².